The van der Waals surface area contributed by atoms with Crippen molar-refractivity contribution in [2.45, 2.75) is 25.9 Å². The van der Waals surface area contributed by atoms with Gasteiger partial charge in [-0.25, -0.2) is 0 Å². The van der Waals surface area contributed by atoms with Crippen LogP contribution in [0.2, 0.25) is 0 Å². The summed E-state index contributed by atoms with van der Waals surface area (Å²) in [7, 11) is 0. The molecule has 17 heavy (non-hydrogen) atoms. The standard InChI is InChI=1S/C14H17N3/c1-11(13-7-3-5-9-15-13)17-12(2)14-8-4-6-10-16-14/h3-12,17H,1-2H3/t11-,12-/m1/s1. The third-order valence-corrected chi connectivity index (χ3v) is 2.76. The van der Waals surface area contributed by atoms with Crippen LogP contribution < -0.4 is 5.32 Å². The number of nitrogens with one attached hydrogen (secondary N) is 1. The Kier molecular flexibility index (Phi) is 3.83. The normalized spacial score (nSPS) is 14.2. The summed E-state index contributed by atoms with van der Waals surface area (Å²) in [6, 6.07) is 12.4. The fraction of sp³-hybridized carbons (Fsp3) is 0.286. The zero-order valence-corrected chi connectivity index (χ0v) is 10.2. The van der Waals surface area contributed by atoms with Crippen LogP contribution in [0.25, 0.3) is 0 Å². The molecule has 2 heterocycles. The van der Waals surface area contributed by atoms with Crippen molar-refractivity contribution in [3.05, 3.63) is 60.2 Å². The Morgan fingerprint density at radius 3 is 1.65 bits per heavy atom. The van der Waals surface area contributed by atoms with Crippen molar-refractivity contribution in [1.29, 1.82) is 0 Å². The van der Waals surface area contributed by atoms with Crippen LogP contribution in [0.15, 0.2) is 48.8 Å². The number of hydrogen-bond donors (Lipinski definition) is 1. The van der Waals surface area contributed by atoms with E-state index >= 15 is 0 Å². The van der Waals surface area contributed by atoms with Gasteiger partial charge in [-0.15, -0.1) is 0 Å². The van der Waals surface area contributed by atoms with Crippen LogP contribution in [0.4, 0.5) is 0 Å². The minimum absolute atomic E-state index is 0.216. The minimum atomic E-state index is 0.216. The van der Waals surface area contributed by atoms with E-state index in [1.54, 1.807) is 0 Å². The third-order valence-electron chi connectivity index (χ3n) is 2.76. The highest BCUT2D eigenvalue weighted by atomic mass is 15.0. The molecule has 0 saturated carbocycles. The van der Waals surface area contributed by atoms with E-state index in [1.165, 1.54) is 0 Å². The maximum Gasteiger partial charge on any atom is 0.0570 e. The molecule has 2 atom stereocenters. The largest absolute Gasteiger partial charge is 0.301 e. The van der Waals surface area contributed by atoms with Gasteiger partial charge in [-0.1, -0.05) is 12.1 Å². The van der Waals surface area contributed by atoms with Crippen LogP contribution in [0.3, 0.4) is 0 Å². The molecule has 2 aromatic heterocycles. The molecule has 88 valence electrons. The van der Waals surface area contributed by atoms with E-state index in [-0.39, 0.29) is 12.1 Å². The monoisotopic (exact) mass is 227 g/mol. The summed E-state index contributed by atoms with van der Waals surface area (Å²) in [4.78, 5) is 8.68. The summed E-state index contributed by atoms with van der Waals surface area (Å²) < 4.78 is 0. The van der Waals surface area contributed by atoms with Gasteiger partial charge in [0.1, 0.15) is 0 Å². The molecule has 0 aromatic carbocycles. The van der Waals surface area contributed by atoms with Crippen LogP contribution in [-0.4, -0.2) is 9.97 Å². The van der Waals surface area contributed by atoms with Crippen molar-refractivity contribution in [3.8, 4) is 0 Å². The smallest absolute Gasteiger partial charge is 0.0570 e. The second-order valence-electron chi connectivity index (χ2n) is 4.12. The van der Waals surface area contributed by atoms with E-state index in [2.05, 4.69) is 29.1 Å². The number of aromatic nitrogens is 2. The first kappa shape index (κ1) is 11.7. The Hall–Kier alpha value is -1.74. The van der Waals surface area contributed by atoms with Gasteiger partial charge in [0.15, 0.2) is 0 Å². The van der Waals surface area contributed by atoms with Gasteiger partial charge in [-0.2, -0.15) is 0 Å². The molecule has 2 rings (SSSR count). The average Bonchev–Trinajstić information content (AvgIpc) is 2.40. The van der Waals surface area contributed by atoms with Crippen molar-refractivity contribution < 1.29 is 0 Å². The molecule has 0 aliphatic carbocycles. The SMILES string of the molecule is C[C@@H](N[C@H](C)c1ccccn1)c1ccccn1. The predicted octanol–water partition coefficient (Wildman–Crippen LogP) is 2.89. The molecule has 0 unspecified atom stereocenters. The molecule has 0 radical (unpaired) electrons. The molecule has 2 aromatic rings. The van der Waals surface area contributed by atoms with Crippen molar-refractivity contribution in [2.75, 3.05) is 0 Å². The molecule has 3 nitrogen and oxygen atoms in total. The Balaban J connectivity index is 2.02. The topological polar surface area (TPSA) is 37.8 Å². The lowest BCUT2D eigenvalue weighted by molar-refractivity contribution is 0.478. The van der Waals surface area contributed by atoms with Gasteiger partial charge in [0, 0.05) is 24.5 Å². The molecular formula is C14H17N3. The highest BCUT2D eigenvalue weighted by molar-refractivity contribution is 5.11. The average molecular weight is 227 g/mol. The molecule has 0 aliphatic rings. The quantitative estimate of drug-likeness (QED) is 0.872. The minimum Gasteiger partial charge on any atom is -0.301 e. The summed E-state index contributed by atoms with van der Waals surface area (Å²) in [6.07, 6.45) is 3.64. The van der Waals surface area contributed by atoms with Gasteiger partial charge in [0.2, 0.25) is 0 Å². The molecule has 0 amide bonds. The van der Waals surface area contributed by atoms with Gasteiger partial charge in [0.25, 0.3) is 0 Å². The molecule has 0 saturated heterocycles. The maximum atomic E-state index is 4.34. The summed E-state index contributed by atoms with van der Waals surface area (Å²) in [5.41, 5.74) is 2.10. The first-order valence-electron chi connectivity index (χ1n) is 5.85. The summed E-state index contributed by atoms with van der Waals surface area (Å²) >= 11 is 0. The molecular weight excluding hydrogens is 210 g/mol. The Bertz CT molecular complexity index is 398. The number of nitrogens with zero attached hydrogens (tertiary/aromatic N) is 2. The third kappa shape index (κ3) is 3.11. The van der Waals surface area contributed by atoms with Gasteiger partial charge >= 0.3 is 0 Å². The number of hydrogen-bond acceptors (Lipinski definition) is 3. The fourth-order valence-corrected chi connectivity index (χ4v) is 1.81. The number of pyridine rings is 2. The first-order valence-corrected chi connectivity index (χ1v) is 5.85. The van der Waals surface area contributed by atoms with Crippen molar-refractivity contribution >= 4 is 0 Å². The highest BCUT2D eigenvalue weighted by Crippen LogP contribution is 2.15. The molecule has 1 N–H and O–H groups in total. The second-order valence-corrected chi connectivity index (χ2v) is 4.12. The lowest BCUT2D eigenvalue weighted by Crippen LogP contribution is -2.23. The van der Waals surface area contributed by atoms with Gasteiger partial charge < -0.3 is 5.32 Å². The van der Waals surface area contributed by atoms with E-state index < -0.39 is 0 Å². The van der Waals surface area contributed by atoms with E-state index in [4.69, 9.17) is 0 Å². The fourth-order valence-electron chi connectivity index (χ4n) is 1.81. The molecule has 3 heteroatoms. The van der Waals surface area contributed by atoms with Gasteiger partial charge in [0.05, 0.1) is 11.4 Å². The Morgan fingerprint density at radius 2 is 1.29 bits per heavy atom. The van der Waals surface area contributed by atoms with Crippen LogP contribution >= 0.6 is 0 Å². The van der Waals surface area contributed by atoms with Crippen molar-refractivity contribution in [2.24, 2.45) is 0 Å². The van der Waals surface area contributed by atoms with Gasteiger partial charge in [-0.3, -0.25) is 9.97 Å². The van der Waals surface area contributed by atoms with Gasteiger partial charge in [-0.05, 0) is 38.1 Å². The van der Waals surface area contributed by atoms with Crippen molar-refractivity contribution in [1.82, 2.24) is 15.3 Å². The lowest BCUT2D eigenvalue weighted by atomic mass is 10.1. The van der Waals surface area contributed by atoms with E-state index in [1.807, 2.05) is 48.8 Å². The zero-order chi connectivity index (χ0) is 12.1. The predicted molar refractivity (Wildman–Crippen MR) is 68.4 cm³/mol. The zero-order valence-electron chi connectivity index (χ0n) is 10.2. The molecule has 0 aliphatic heterocycles. The van der Waals surface area contributed by atoms with Crippen LogP contribution in [0.5, 0.6) is 0 Å². The highest BCUT2D eigenvalue weighted by Gasteiger charge is 2.11. The van der Waals surface area contributed by atoms with E-state index in [0.29, 0.717) is 0 Å². The van der Waals surface area contributed by atoms with Crippen LogP contribution in [-0.2, 0) is 0 Å². The summed E-state index contributed by atoms with van der Waals surface area (Å²) in [6.45, 7) is 4.23. The molecule has 0 spiro atoms. The maximum absolute atomic E-state index is 4.34. The second kappa shape index (κ2) is 5.55. The number of rotatable bonds is 4. The lowest BCUT2D eigenvalue weighted by Gasteiger charge is -2.19. The molecule has 0 fully saturated rings. The van der Waals surface area contributed by atoms with E-state index in [0.717, 1.165) is 11.4 Å². The van der Waals surface area contributed by atoms with Crippen molar-refractivity contribution in [3.63, 3.8) is 0 Å². The van der Waals surface area contributed by atoms with Crippen LogP contribution in [0.1, 0.15) is 37.3 Å². The Labute approximate surface area is 102 Å². The summed E-state index contributed by atoms with van der Waals surface area (Å²) in [5.74, 6) is 0. The summed E-state index contributed by atoms with van der Waals surface area (Å²) in [5, 5.41) is 3.49. The first-order chi connectivity index (χ1) is 8.27. The van der Waals surface area contributed by atoms with E-state index in [9.17, 15) is 0 Å². The molecule has 0 bridgehead atoms. The van der Waals surface area contributed by atoms with Crippen LogP contribution in [0, 0.1) is 0 Å². The Morgan fingerprint density at radius 1 is 0.824 bits per heavy atom.